The maximum absolute atomic E-state index is 11.5. The van der Waals surface area contributed by atoms with Gasteiger partial charge in [-0.3, -0.25) is 9.59 Å². The van der Waals surface area contributed by atoms with Crippen molar-refractivity contribution in [3.63, 3.8) is 0 Å². The molecule has 0 unspecified atom stereocenters. The first-order valence-corrected chi connectivity index (χ1v) is 4.93. The fourth-order valence-corrected chi connectivity index (χ4v) is 1.71. The van der Waals surface area contributed by atoms with E-state index in [4.69, 9.17) is 4.74 Å². The van der Waals surface area contributed by atoms with Crippen molar-refractivity contribution < 1.29 is 14.3 Å². The van der Waals surface area contributed by atoms with Gasteiger partial charge in [0.1, 0.15) is 11.9 Å². The van der Waals surface area contributed by atoms with Gasteiger partial charge in [0.2, 0.25) is 5.88 Å². The molecule has 0 fully saturated rings. The Hall–Kier alpha value is -2.04. The maximum Gasteiger partial charge on any atom is 0.309 e. The largest absolute Gasteiger partial charge is 0.408 e. The van der Waals surface area contributed by atoms with Gasteiger partial charge in [-0.2, -0.15) is 0 Å². The second-order valence-electron chi connectivity index (χ2n) is 3.55. The van der Waals surface area contributed by atoms with Crippen molar-refractivity contribution in [2.75, 3.05) is 0 Å². The van der Waals surface area contributed by atoms with E-state index >= 15 is 0 Å². The zero-order chi connectivity index (χ0) is 11.7. The number of nitrogens with one attached hydrogen (secondary N) is 1. The summed E-state index contributed by atoms with van der Waals surface area (Å²) >= 11 is 0. The van der Waals surface area contributed by atoms with Crippen LogP contribution in [0, 0.1) is 0 Å². The van der Waals surface area contributed by atoms with Crippen LogP contribution in [0.1, 0.15) is 13.8 Å². The Labute approximate surface area is 93.1 Å². The Kier molecular flexibility index (Phi) is 2.52. The molecule has 5 heteroatoms. The lowest BCUT2D eigenvalue weighted by molar-refractivity contribution is -0.137. The Morgan fingerprint density at radius 2 is 2.12 bits per heavy atom. The number of esters is 1. The lowest BCUT2D eigenvalue weighted by Crippen LogP contribution is -2.34. The molecule has 84 valence electrons. The number of carbonyl (C=O) groups excluding carboxylic acids is 2. The fourth-order valence-electron chi connectivity index (χ4n) is 1.71. The number of ketones is 1. The van der Waals surface area contributed by atoms with E-state index in [9.17, 15) is 9.59 Å². The van der Waals surface area contributed by atoms with Gasteiger partial charge < -0.3 is 15.0 Å². The highest BCUT2D eigenvalue weighted by atomic mass is 16.5. The van der Waals surface area contributed by atoms with Gasteiger partial charge in [-0.15, -0.1) is 0 Å². The maximum atomic E-state index is 11.5. The van der Waals surface area contributed by atoms with Gasteiger partial charge in [-0.1, -0.05) is 6.08 Å². The van der Waals surface area contributed by atoms with Crippen LogP contribution in [0.2, 0.25) is 0 Å². The first kappa shape index (κ1) is 10.5. The van der Waals surface area contributed by atoms with Crippen LogP contribution in [0.25, 0.3) is 0 Å². The third-order valence-electron chi connectivity index (χ3n) is 2.28. The minimum atomic E-state index is -0.450. The van der Waals surface area contributed by atoms with Crippen LogP contribution >= 0.6 is 0 Å². The molecule has 0 bridgehead atoms. The second-order valence-corrected chi connectivity index (χ2v) is 3.55. The fraction of sp³-hybridized carbons (Fsp3) is 0.273. The SMILES string of the molecule is CC(=O)OC1=C(C(C)=O)N2C=CC=C[C@H]2N1. The van der Waals surface area contributed by atoms with E-state index in [0.717, 1.165) is 0 Å². The number of fused-ring (bicyclic) bond motifs is 1. The van der Waals surface area contributed by atoms with Crippen LogP contribution in [0.15, 0.2) is 36.0 Å². The molecule has 0 amide bonds. The van der Waals surface area contributed by atoms with Gasteiger partial charge in [-0.05, 0) is 12.2 Å². The summed E-state index contributed by atoms with van der Waals surface area (Å²) < 4.78 is 4.98. The topological polar surface area (TPSA) is 58.6 Å². The van der Waals surface area contributed by atoms with Gasteiger partial charge in [0.25, 0.3) is 0 Å². The predicted octanol–water partition coefficient (Wildman–Crippen LogP) is 0.622. The molecule has 0 saturated carbocycles. The molecule has 0 radical (unpaired) electrons. The summed E-state index contributed by atoms with van der Waals surface area (Å²) in [6.45, 7) is 2.74. The number of allylic oxidation sites excluding steroid dienone is 3. The number of rotatable bonds is 2. The predicted molar refractivity (Wildman–Crippen MR) is 56.5 cm³/mol. The molecule has 0 aromatic rings. The summed E-state index contributed by atoms with van der Waals surface area (Å²) in [6.07, 6.45) is 7.17. The molecule has 16 heavy (non-hydrogen) atoms. The molecule has 0 aliphatic carbocycles. The van der Waals surface area contributed by atoms with E-state index in [-0.39, 0.29) is 17.8 Å². The molecule has 2 rings (SSSR count). The number of Topliss-reactive ketones (excluding diaryl/α,β-unsaturated/α-hetero) is 1. The van der Waals surface area contributed by atoms with Crippen molar-refractivity contribution in [2.45, 2.75) is 20.0 Å². The van der Waals surface area contributed by atoms with Crippen LogP contribution in [-0.4, -0.2) is 22.8 Å². The van der Waals surface area contributed by atoms with Crippen molar-refractivity contribution in [2.24, 2.45) is 0 Å². The zero-order valence-corrected chi connectivity index (χ0v) is 9.06. The van der Waals surface area contributed by atoms with Crippen LogP contribution in [0.3, 0.4) is 0 Å². The number of nitrogens with zero attached hydrogens (tertiary/aromatic N) is 1. The lowest BCUT2D eigenvalue weighted by Gasteiger charge is -2.23. The highest BCUT2D eigenvalue weighted by Gasteiger charge is 2.33. The summed E-state index contributed by atoms with van der Waals surface area (Å²) in [5.74, 6) is -0.374. The van der Waals surface area contributed by atoms with Gasteiger partial charge in [-0.25, -0.2) is 0 Å². The van der Waals surface area contributed by atoms with Crippen LogP contribution in [0.4, 0.5) is 0 Å². The minimum absolute atomic E-state index is 0.147. The number of carbonyl (C=O) groups is 2. The Morgan fingerprint density at radius 1 is 1.38 bits per heavy atom. The Balaban J connectivity index is 2.34. The molecular weight excluding hydrogens is 208 g/mol. The second kappa shape index (κ2) is 3.84. The highest BCUT2D eigenvalue weighted by Crippen LogP contribution is 2.25. The average Bonchev–Trinajstić information content (AvgIpc) is 2.53. The van der Waals surface area contributed by atoms with E-state index < -0.39 is 5.97 Å². The summed E-state index contributed by atoms with van der Waals surface area (Å²) in [7, 11) is 0. The summed E-state index contributed by atoms with van der Waals surface area (Å²) in [5, 5.41) is 2.96. The van der Waals surface area contributed by atoms with E-state index in [1.165, 1.54) is 13.8 Å². The normalized spacial score (nSPS) is 21.9. The minimum Gasteiger partial charge on any atom is -0.408 e. The van der Waals surface area contributed by atoms with Gasteiger partial charge in [0, 0.05) is 20.0 Å². The molecular formula is C11H12N2O3. The van der Waals surface area contributed by atoms with Gasteiger partial charge >= 0.3 is 5.97 Å². The monoisotopic (exact) mass is 220 g/mol. The lowest BCUT2D eigenvalue weighted by atomic mass is 10.2. The number of hydrogen-bond donors (Lipinski definition) is 1. The Bertz CT molecular complexity index is 435. The molecule has 1 atom stereocenters. The van der Waals surface area contributed by atoms with E-state index in [1.54, 1.807) is 11.1 Å². The van der Waals surface area contributed by atoms with Gasteiger partial charge in [0.05, 0.1) is 0 Å². The quantitative estimate of drug-likeness (QED) is 0.691. The molecule has 0 aromatic heterocycles. The van der Waals surface area contributed by atoms with Crippen LogP contribution in [-0.2, 0) is 14.3 Å². The highest BCUT2D eigenvalue weighted by molar-refractivity contribution is 5.94. The summed E-state index contributed by atoms with van der Waals surface area (Å²) in [5.41, 5.74) is 0.376. The third kappa shape index (κ3) is 1.71. The molecule has 2 heterocycles. The summed E-state index contributed by atoms with van der Waals surface area (Å²) in [4.78, 5) is 24.2. The molecule has 0 saturated heterocycles. The summed E-state index contributed by atoms with van der Waals surface area (Å²) in [6, 6.07) is 0. The zero-order valence-electron chi connectivity index (χ0n) is 9.06. The molecule has 5 nitrogen and oxygen atoms in total. The van der Waals surface area contributed by atoms with Crippen LogP contribution < -0.4 is 5.32 Å². The molecule has 2 aliphatic rings. The van der Waals surface area contributed by atoms with E-state index in [0.29, 0.717) is 5.70 Å². The van der Waals surface area contributed by atoms with Crippen molar-refractivity contribution in [3.05, 3.63) is 36.0 Å². The molecule has 1 N–H and O–H groups in total. The van der Waals surface area contributed by atoms with Crippen molar-refractivity contribution >= 4 is 11.8 Å². The number of hydrogen-bond acceptors (Lipinski definition) is 5. The smallest absolute Gasteiger partial charge is 0.309 e. The number of ether oxygens (including phenoxy) is 1. The first-order valence-electron chi connectivity index (χ1n) is 4.93. The molecule has 2 aliphatic heterocycles. The standard InChI is InChI=1S/C11H12N2O3/c1-7(14)10-11(16-8(2)15)12-9-5-3-4-6-13(9)10/h3-6,9,12H,1-2H3/t9-/m0/s1. The Morgan fingerprint density at radius 3 is 2.75 bits per heavy atom. The third-order valence-corrected chi connectivity index (χ3v) is 2.28. The van der Waals surface area contributed by atoms with Crippen molar-refractivity contribution in [1.29, 1.82) is 0 Å². The average molecular weight is 220 g/mol. The van der Waals surface area contributed by atoms with E-state index in [1.807, 2.05) is 18.2 Å². The van der Waals surface area contributed by atoms with Crippen LogP contribution in [0.5, 0.6) is 0 Å². The van der Waals surface area contributed by atoms with E-state index in [2.05, 4.69) is 5.32 Å². The first-order chi connectivity index (χ1) is 7.59. The molecule has 0 spiro atoms. The van der Waals surface area contributed by atoms with Crippen molar-refractivity contribution in [3.8, 4) is 0 Å². The van der Waals surface area contributed by atoms with Crippen molar-refractivity contribution in [1.82, 2.24) is 10.2 Å². The van der Waals surface area contributed by atoms with Gasteiger partial charge in [0.15, 0.2) is 5.78 Å². The molecule has 0 aromatic carbocycles.